The fraction of sp³-hybridized carbons (Fsp3) is 0. The minimum Gasteiger partial charge on any atom is -0.412 e. The van der Waals surface area contributed by atoms with Gasteiger partial charge in [0, 0.05) is 0 Å². The van der Waals surface area contributed by atoms with Crippen LogP contribution in [0.3, 0.4) is 0 Å². The Hall–Kier alpha value is -0.740. The normalized spacial score (nSPS) is 6.56. The monoisotopic (exact) mass is 484 g/mol. The van der Waals surface area contributed by atoms with Crippen LogP contribution in [0, 0.1) is 0 Å². The number of nitrogen functional groups attached to an aromatic ring is 4. The summed E-state index contributed by atoms with van der Waals surface area (Å²) in [5.74, 6) is 0. The Labute approximate surface area is 183 Å². The van der Waals surface area contributed by atoms with Crippen LogP contribution >= 0.6 is 74.4 Å². The molecule has 14 N–H and O–H groups in total. The summed E-state index contributed by atoms with van der Waals surface area (Å²) in [7, 11) is 0. The van der Waals surface area contributed by atoms with E-state index in [1.807, 2.05) is 24.3 Å². The van der Waals surface area contributed by atoms with Gasteiger partial charge in [0.15, 0.2) is 0 Å². The summed E-state index contributed by atoms with van der Waals surface area (Å²) in [4.78, 5) is 0. The van der Waals surface area contributed by atoms with Gasteiger partial charge in [-0.05, 0) is 35.4 Å². The van der Waals surface area contributed by atoms with E-state index in [0.29, 0.717) is 22.7 Å². The van der Waals surface area contributed by atoms with Crippen molar-refractivity contribution in [1.29, 1.82) is 0 Å². The Bertz CT molecular complexity index is 517. The summed E-state index contributed by atoms with van der Waals surface area (Å²) in [5.41, 5.74) is 27.0. The number of benzene rings is 2. The summed E-state index contributed by atoms with van der Waals surface area (Å²) in [6.45, 7) is 0. The second kappa shape index (κ2) is 21.3. The van der Waals surface area contributed by atoms with E-state index in [2.05, 4.69) is 0 Å². The third kappa shape index (κ3) is 12.3. The Balaban J connectivity index is -0.0000000535. The summed E-state index contributed by atoms with van der Waals surface area (Å²) in [6, 6.07) is 11.0. The van der Waals surface area contributed by atoms with Gasteiger partial charge in [-0.1, -0.05) is 12.1 Å². The van der Waals surface area contributed by atoms with Crippen molar-refractivity contribution >= 4 is 97.2 Å². The van der Waals surface area contributed by atoms with Gasteiger partial charge in [-0.25, -0.2) is 0 Å². The van der Waals surface area contributed by atoms with Crippen molar-refractivity contribution in [3.05, 3.63) is 36.4 Å². The third-order valence-electron chi connectivity index (χ3n) is 2.51. The highest BCUT2D eigenvalue weighted by molar-refractivity contribution is 5.86. The highest BCUT2D eigenvalue weighted by Crippen LogP contribution is 2.28. The van der Waals surface area contributed by atoms with E-state index in [0.717, 1.165) is 11.1 Å². The van der Waals surface area contributed by atoms with Crippen molar-refractivity contribution in [3.63, 3.8) is 0 Å². The van der Waals surface area contributed by atoms with Gasteiger partial charge in [0.05, 0.1) is 22.7 Å². The van der Waals surface area contributed by atoms with Gasteiger partial charge in [-0.15, -0.1) is 74.4 Å². The zero-order chi connectivity index (χ0) is 11.7. The summed E-state index contributed by atoms with van der Waals surface area (Å²) in [5, 5.41) is 0. The highest BCUT2D eigenvalue weighted by Gasteiger charge is 2.02. The largest absolute Gasteiger partial charge is 0.412 e. The van der Waals surface area contributed by atoms with Crippen molar-refractivity contribution in [2.45, 2.75) is 0 Å². The zero-order valence-electron chi connectivity index (χ0n) is 12.7. The zero-order valence-corrected chi connectivity index (χ0v) is 17.6. The molecule has 0 amide bonds. The number of hydrogen-bond donors (Lipinski definition) is 4. The molecule has 0 saturated heterocycles. The van der Waals surface area contributed by atoms with Gasteiger partial charge in [-0.2, -0.15) is 0 Å². The molecule has 2 aromatic rings. The smallest absolute Gasteiger partial charge is 0.0554 e. The summed E-state index contributed by atoms with van der Waals surface area (Å²) in [6.07, 6.45) is 0. The Morgan fingerprint density at radius 2 is 0.640 bits per heavy atom. The molecule has 0 unspecified atom stereocenters. The van der Waals surface area contributed by atoms with Crippen LogP contribution in [0.1, 0.15) is 0 Å². The van der Waals surface area contributed by atoms with E-state index in [1.165, 1.54) is 0 Å². The first kappa shape index (κ1) is 49.6. The van der Waals surface area contributed by atoms with Gasteiger partial charge >= 0.3 is 0 Å². The molecule has 0 heterocycles. The molecule has 25 heavy (non-hydrogen) atoms. The lowest BCUT2D eigenvalue weighted by atomic mass is 10.0. The lowest BCUT2D eigenvalue weighted by molar-refractivity contribution is 0.823. The molecule has 0 spiro atoms. The first-order chi connectivity index (χ1) is 7.58. The fourth-order valence-electron chi connectivity index (χ4n) is 1.51. The molecule has 154 valence electrons. The van der Waals surface area contributed by atoms with Crippen molar-refractivity contribution < 1.29 is 16.4 Å². The second-order valence-electron chi connectivity index (χ2n) is 3.69. The standard InChI is InChI=1S/C12H14N4.6ClH.3H2O/c13-9-3-1-7(5-11(9)15)8-2-4-10(14)12(16)6-8;;;;;;;;;/h1-6H,13-16H2;6*1H;3*1H2. The number of halogens is 6. The molecule has 0 radical (unpaired) electrons. The van der Waals surface area contributed by atoms with Crippen molar-refractivity contribution in [3.8, 4) is 11.1 Å². The van der Waals surface area contributed by atoms with Crippen molar-refractivity contribution in [1.82, 2.24) is 0 Å². The lowest BCUT2D eigenvalue weighted by Crippen LogP contribution is -1.96. The number of rotatable bonds is 1. The maximum atomic E-state index is 5.74. The van der Waals surface area contributed by atoms with Gasteiger partial charge < -0.3 is 39.4 Å². The van der Waals surface area contributed by atoms with Crippen LogP contribution in [0.15, 0.2) is 36.4 Å². The van der Waals surface area contributed by atoms with Crippen molar-refractivity contribution in [2.24, 2.45) is 0 Å². The lowest BCUT2D eigenvalue weighted by Gasteiger charge is -2.07. The molecule has 0 atom stereocenters. The number of anilines is 4. The Kier molecular flexibility index (Phi) is 42.3. The molecule has 0 aliphatic carbocycles. The second-order valence-corrected chi connectivity index (χ2v) is 3.69. The Morgan fingerprint density at radius 3 is 0.840 bits per heavy atom. The van der Waals surface area contributed by atoms with E-state index in [9.17, 15) is 0 Å². The molecular weight excluding hydrogens is 461 g/mol. The number of hydrogen-bond acceptors (Lipinski definition) is 4. The maximum Gasteiger partial charge on any atom is 0.0554 e. The molecule has 0 fully saturated rings. The minimum absolute atomic E-state index is 0. The van der Waals surface area contributed by atoms with Crippen LogP contribution in [0.5, 0.6) is 0 Å². The molecule has 2 rings (SSSR count). The quantitative estimate of drug-likeness (QED) is 0.445. The van der Waals surface area contributed by atoms with Gasteiger partial charge in [0.1, 0.15) is 0 Å². The van der Waals surface area contributed by atoms with Crippen LogP contribution in [0.4, 0.5) is 22.7 Å². The summed E-state index contributed by atoms with van der Waals surface area (Å²) >= 11 is 0. The first-order valence-corrected chi connectivity index (χ1v) is 4.88. The third-order valence-corrected chi connectivity index (χ3v) is 2.51. The number of nitrogens with two attached hydrogens (primary N) is 4. The molecule has 0 saturated carbocycles. The fourth-order valence-corrected chi connectivity index (χ4v) is 1.51. The highest BCUT2D eigenvalue weighted by atomic mass is 35.5. The summed E-state index contributed by atoms with van der Waals surface area (Å²) < 4.78 is 0. The van der Waals surface area contributed by atoms with E-state index in [-0.39, 0.29) is 90.9 Å². The Morgan fingerprint density at radius 1 is 0.400 bits per heavy atom. The van der Waals surface area contributed by atoms with Gasteiger partial charge in [-0.3, -0.25) is 0 Å². The van der Waals surface area contributed by atoms with E-state index in [1.54, 1.807) is 12.1 Å². The van der Waals surface area contributed by atoms with Gasteiger partial charge in [0.25, 0.3) is 0 Å². The molecule has 2 aromatic carbocycles. The van der Waals surface area contributed by atoms with Crippen LogP contribution in [-0.4, -0.2) is 16.4 Å². The van der Waals surface area contributed by atoms with Crippen molar-refractivity contribution in [2.75, 3.05) is 22.9 Å². The molecule has 0 bridgehead atoms. The molecule has 0 aromatic heterocycles. The van der Waals surface area contributed by atoms with Crippen LogP contribution in [0.2, 0.25) is 0 Å². The average Bonchev–Trinajstić information content (AvgIpc) is 2.26. The maximum absolute atomic E-state index is 5.74. The first-order valence-electron chi connectivity index (χ1n) is 4.88. The molecule has 7 nitrogen and oxygen atoms in total. The van der Waals surface area contributed by atoms with Crippen LogP contribution in [0.25, 0.3) is 11.1 Å². The van der Waals surface area contributed by atoms with E-state index in [4.69, 9.17) is 22.9 Å². The minimum atomic E-state index is 0. The van der Waals surface area contributed by atoms with E-state index >= 15 is 0 Å². The average molecular weight is 487 g/mol. The SMILES string of the molecule is Cl.Cl.Cl.Cl.Cl.Cl.Nc1ccc(-c2ccc(N)c(N)c2)cc1N.O.O.O. The molecule has 0 aliphatic heterocycles. The molecular formula is C12H26Cl6N4O3. The molecule has 0 aliphatic rings. The van der Waals surface area contributed by atoms with E-state index < -0.39 is 0 Å². The topological polar surface area (TPSA) is 199 Å². The van der Waals surface area contributed by atoms with Crippen LogP contribution in [-0.2, 0) is 0 Å². The molecule has 13 heteroatoms. The van der Waals surface area contributed by atoms with Crippen LogP contribution < -0.4 is 22.9 Å². The predicted molar refractivity (Wildman–Crippen MR) is 124 cm³/mol. The predicted octanol–water partition coefficient (Wildman–Crippen LogP) is 1.74. The van der Waals surface area contributed by atoms with Gasteiger partial charge in [0.2, 0.25) is 0 Å².